The molecule has 0 fully saturated rings. The molecule has 3 heteroatoms. The van der Waals surface area contributed by atoms with Crippen LogP contribution < -0.4 is 10.1 Å². The molecule has 0 saturated carbocycles. The van der Waals surface area contributed by atoms with Crippen LogP contribution in [0.2, 0.25) is 5.02 Å². The van der Waals surface area contributed by atoms with Gasteiger partial charge in [-0.3, -0.25) is 0 Å². The van der Waals surface area contributed by atoms with Crippen molar-refractivity contribution in [2.24, 2.45) is 0 Å². The van der Waals surface area contributed by atoms with E-state index in [2.05, 4.69) is 19.2 Å². The molecule has 0 aliphatic carbocycles. The van der Waals surface area contributed by atoms with Crippen LogP contribution in [0.15, 0.2) is 18.2 Å². The number of benzene rings is 1. The normalized spacial score (nSPS) is 12.4. The van der Waals surface area contributed by atoms with Gasteiger partial charge in [-0.25, -0.2) is 0 Å². The number of ether oxygens (including phenoxy) is 1. The number of halogens is 1. The van der Waals surface area contributed by atoms with Crippen LogP contribution in [0.3, 0.4) is 0 Å². The minimum atomic E-state index is 0.329. The van der Waals surface area contributed by atoms with Crippen molar-refractivity contribution < 1.29 is 4.74 Å². The summed E-state index contributed by atoms with van der Waals surface area (Å²) in [6.45, 7) is 5.30. The van der Waals surface area contributed by atoms with E-state index >= 15 is 0 Å². The van der Waals surface area contributed by atoms with Crippen LogP contribution in [0, 0.1) is 0 Å². The Hall–Kier alpha value is -0.730. The number of rotatable bonds is 8. The molecular weight excluding hydrogens is 246 g/mol. The SMILES string of the molecule is CCCCCC(NCC)c1cc(Cl)ccc1OC. The van der Waals surface area contributed by atoms with Crippen LogP contribution in [0.1, 0.15) is 51.1 Å². The van der Waals surface area contributed by atoms with Crippen molar-refractivity contribution in [1.29, 1.82) is 0 Å². The highest BCUT2D eigenvalue weighted by molar-refractivity contribution is 6.30. The summed E-state index contributed by atoms with van der Waals surface area (Å²) in [6, 6.07) is 6.16. The first kappa shape index (κ1) is 15.3. The lowest BCUT2D eigenvalue weighted by Gasteiger charge is -2.21. The van der Waals surface area contributed by atoms with Gasteiger partial charge in [0.25, 0.3) is 0 Å². The summed E-state index contributed by atoms with van der Waals surface area (Å²) in [5.74, 6) is 0.918. The van der Waals surface area contributed by atoms with E-state index in [-0.39, 0.29) is 0 Å². The second kappa shape index (κ2) is 8.39. The van der Waals surface area contributed by atoms with E-state index < -0.39 is 0 Å². The number of nitrogens with one attached hydrogen (secondary N) is 1. The Balaban J connectivity index is 2.85. The molecule has 0 saturated heterocycles. The van der Waals surface area contributed by atoms with Gasteiger partial charge in [-0.1, -0.05) is 44.7 Å². The molecule has 0 aliphatic heterocycles. The summed E-state index contributed by atoms with van der Waals surface area (Å²) < 4.78 is 5.44. The summed E-state index contributed by atoms with van der Waals surface area (Å²) in [5.41, 5.74) is 1.17. The fourth-order valence-corrected chi connectivity index (χ4v) is 2.37. The van der Waals surface area contributed by atoms with Crippen molar-refractivity contribution in [3.63, 3.8) is 0 Å². The van der Waals surface area contributed by atoms with E-state index in [1.54, 1.807) is 7.11 Å². The quantitative estimate of drug-likeness (QED) is 0.698. The van der Waals surface area contributed by atoms with Crippen molar-refractivity contribution in [1.82, 2.24) is 5.32 Å². The van der Waals surface area contributed by atoms with E-state index in [0.29, 0.717) is 6.04 Å². The zero-order chi connectivity index (χ0) is 13.4. The highest BCUT2D eigenvalue weighted by Crippen LogP contribution is 2.31. The third kappa shape index (κ3) is 4.51. The van der Waals surface area contributed by atoms with E-state index in [9.17, 15) is 0 Å². The molecular formula is C15H24ClNO. The molecule has 18 heavy (non-hydrogen) atoms. The van der Waals surface area contributed by atoms with Gasteiger partial charge in [0.05, 0.1) is 7.11 Å². The Morgan fingerprint density at radius 1 is 1.28 bits per heavy atom. The first-order chi connectivity index (χ1) is 8.72. The first-order valence-corrected chi connectivity index (χ1v) is 7.17. The lowest BCUT2D eigenvalue weighted by molar-refractivity contribution is 0.393. The van der Waals surface area contributed by atoms with E-state index in [0.717, 1.165) is 23.7 Å². The van der Waals surface area contributed by atoms with Crippen molar-refractivity contribution >= 4 is 11.6 Å². The molecule has 1 atom stereocenters. The lowest BCUT2D eigenvalue weighted by Crippen LogP contribution is -2.21. The number of unbranched alkanes of at least 4 members (excludes halogenated alkanes) is 2. The van der Waals surface area contributed by atoms with Gasteiger partial charge in [-0.05, 0) is 31.2 Å². The fraction of sp³-hybridized carbons (Fsp3) is 0.600. The largest absolute Gasteiger partial charge is 0.496 e. The van der Waals surface area contributed by atoms with Gasteiger partial charge >= 0.3 is 0 Å². The van der Waals surface area contributed by atoms with Gasteiger partial charge < -0.3 is 10.1 Å². The van der Waals surface area contributed by atoms with Gasteiger partial charge in [0.2, 0.25) is 0 Å². The third-order valence-electron chi connectivity index (χ3n) is 3.11. The summed E-state index contributed by atoms with van der Waals surface area (Å²) in [5, 5.41) is 4.29. The number of hydrogen-bond donors (Lipinski definition) is 1. The summed E-state index contributed by atoms with van der Waals surface area (Å²) in [6.07, 6.45) is 4.86. The molecule has 102 valence electrons. The highest BCUT2D eigenvalue weighted by Gasteiger charge is 2.15. The zero-order valence-corrected chi connectivity index (χ0v) is 12.4. The van der Waals surface area contributed by atoms with Gasteiger partial charge in [-0.2, -0.15) is 0 Å². The van der Waals surface area contributed by atoms with Crippen LogP contribution in [0.5, 0.6) is 5.75 Å². The third-order valence-corrected chi connectivity index (χ3v) is 3.35. The van der Waals surface area contributed by atoms with Gasteiger partial charge in [0.1, 0.15) is 5.75 Å². The molecule has 1 unspecified atom stereocenters. The monoisotopic (exact) mass is 269 g/mol. The van der Waals surface area contributed by atoms with Crippen molar-refractivity contribution in [2.45, 2.75) is 45.6 Å². The predicted octanol–water partition coefficient (Wildman–Crippen LogP) is 4.58. The maximum atomic E-state index is 6.10. The highest BCUT2D eigenvalue weighted by atomic mass is 35.5. The minimum Gasteiger partial charge on any atom is -0.496 e. The minimum absolute atomic E-state index is 0.329. The Bertz CT molecular complexity index is 354. The molecule has 0 bridgehead atoms. The molecule has 0 radical (unpaired) electrons. The Morgan fingerprint density at radius 2 is 2.06 bits per heavy atom. The van der Waals surface area contributed by atoms with Crippen LogP contribution >= 0.6 is 11.6 Å². The van der Waals surface area contributed by atoms with Gasteiger partial charge in [-0.15, -0.1) is 0 Å². The fourth-order valence-electron chi connectivity index (χ4n) is 2.19. The molecule has 0 aromatic heterocycles. The summed E-state index contributed by atoms with van der Waals surface area (Å²) >= 11 is 6.10. The molecule has 0 heterocycles. The molecule has 0 amide bonds. The van der Waals surface area contributed by atoms with Crippen LogP contribution in [-0.2, 0) is 0 Å². The lowest BCUT2D eigenvalue weighted by atomic mass is 9.99. The molecule has 0 spiro atoms. The maximum absolute atomic E-state index is 6.10. The van der Waals surface area contributed by atoms with Crippen LogP contribution in [0.25, 0.3) is 0 Å². The average Bonchev–Trinajstić information content (AvgIpc) is 2.38. The molecule has 1 aromatic carbocycles. The topological polar surface area (TPSA) is 21.3 Å². The van der Waals surface area contributed by atoms with Crippen molar-refractivity contribution in [2.75, 3.05) is 13.7 Å². The average molecular weight is 270 g/mol. The smallest absolute Gasteiger partial charge is 0.123 e. The van der Waals surface area contributed by atoms with Crippen molar-refractivity contribution in [3.8, 4) is 5.75 Å². The standard InChI is InChI=1S/C15H24ClNO/c1-4-6-7-8-14(17-5-2)13-11-12(16)9-10-15(13)18-3/h9-11,14,17H,4-8H2,1-3H3. The van der Waals surface area contributed by atoms with Gasteiger partial charge in [0, 0.05) is 16.6 Å². The van der Waals surface area contributed by atoms with E-state index in [4.69, 9.17) is 16.3 Å². The summed E-state index contributed by atoms with van der Waals surface area (Å²) in [4.78, 5) is 0. The maximum Gasteiger partial charge on any atom is 0.123 e. The van der Waals surface area contributed by atoms with Crippen LogP contribution in [0.4, 0.5) is 0 Å². The van der Waals surface area contributed by atoms with Crippen molar-refractivity contribution in [3.05, 3.63) is 28.8 Å². The molecule has 0 aliphatic rings. The second-order valence-corrected chi connectivity index (χ2v) is 4.93. The van der Waals surface area contributed by atoms with Gasteiger partial charge in [0.15, 0.2) is 0 Å². The molecule has 1 aromatic rings. The Labute approximate surface area is 116 Å². The zero-order valence-electron chi connectivity index (χ0n) is 11.6. The Kier molecular flexibility index (Phi) is 7.14. The number of hydrogen-bond acceptors (Lipinski definition) is 2. The Morgan fingerprint density at radius 3 is 2.67 bits per heavy atom. The summed E-state index contributed by atoms with van der Waals surface area (Å²) in [7, 11) is 1.71. The number of methoxy groups -OCH3 is 1. The predicted molar refractivity (Wildman–Crippen MR) is 78.6 cm³/mol. The molecule has 1 rings (SSSR count). The van der Waals surface area contributed by atoms with E-state index in [1.807, 2.05) is 18.2 Å². The second-order valence-electron chi connectivity index (χ2n) is 4.49. The van der Waals surface area contributed by atoms with Crippen LogP contribution in [-0.4, -0.2) is 13.7 Å². The molecule has 1 N–H and O–H groups in total. The van der Waals surface area contributed by atoms with E-state index in [1.165, 1.54) is 24.8 Å². The molecule has 2 nitrogen and oxygen atoms in total. The first-order valence-electron chi connectivity index (χ1n) is 6.79.